The molecule has 0 aromatic carbocycles. The molecular formula is C9H11NO3. The number of hydrogen-bond acceptors (Lipinski definition) is 2. The number of aliphatic carboxylic acids is 1. The second-order valence-corrected chi connectivity index (χ2v) is 3.27. The fourth-order valence-electron chi connectivity index (χ4n) is 1.37. The number of hydrogen-bond donors (Lipinski definition) is 2. The Balaban J connectivity index is 2.47. The molecule has 13 heavy (non-hydrogen) atoms. The molecule has 0 aromatic rings. The van der Waals surface area contributed by atoms with E-state index >= 15 is 0 Å². The van der Waals surface area contributed by atoms with Crippen LogP contribution in [-0.4, -0.2) is 23.5 Å². The molecule has 0 aliphatic heterocycles. The van der Waals surface area contributed by atoms with Crippen molar-refractivity contribution in [3.05, 3.63) is 0 Å². The van der Waals surface area contributed by atoms with Crippen molar-refractivity contribution >= 4 is 11.9 Å². The maximum Gasteiger partial charge on any atom is 0.311 e. The van der Waals surface area contributed by atoms with Crippen LogP contribution in [0.25, 0.3) is 0 Å². The predicted molar refractivity (Wildman–Crippen MR) is 45.8 cm³/mol. The highest BCUT2D eigenvalue weighted by molar-refractivity contribution is 5.93. The Morgan fingerprint density at radius 3 is 2.46 bits per heavy atom. The van der Waals surface area contributed by atoms with Crippen LogP contribution in [0.3, 0.4) is 0 Å². The van der Waals surface area contributed by atoms with Crippen LogP contribution in [0.5, 0.6) is 0 Å². The maximum atomic E-state index is 10.8. The number of rotatable bonds is 3. The van der Waals surface area contributed by atoms with Gasteiger partial charge in [0.2, 0.25) is 0 Å². The van der Waals surface area contributed by atoms with Gasteiger partial charge in [-0.1, -0.05) is 6.42 Å². The van der Waals surface area contributed by atoms with Crippen molar-refractivity contribution in [3.8, 4) is 12.3 Å². The number of carbonyl (C=O) groups excluding carboxylic acids is 1. The molecule has 2 N–H and O–H groups in total. The first kappa shape index (κ1) is 9.59. The lowest BCUT2D eigenvalue weighted by atomic mass is 9.69. The van der Waals surface area contributed by atoms with Crippen molar-refractivity contribution in [2.45, 2.75) is 19.3 Å². The molecule has 0 heterocycles. The van der Waals surface area contributed by atoms with Crippen molar-refractivity contribution in [1.82, 2.24) is 5.32 Å². The normalized spacial score (nSPS) is 18.1. The second kappa shape index (κ2) is 3.48. The molecule has 1 fully saturated rings. The Kier molecular flexibility index (Phi) is 2.57. The number of carbonyl (C=O) groups is 2. The first-order valence-electron chi connectivity index (χ1n) is 4.08. The van der Waals surface area contributed by atoms with E-state index in [9.17, 15) is 9.59 Å². The average Bonchev–Trinajstić information content (AvgIpc) is 2.01. The monoisotopic (exact) mass is 181 g/mol. The van der Waals surface area contributed by atoms with Gasteiger partial charge in [-0.2, -0.15) is 0 Å². The molecule has 0 radical (unpaired) electrons. The summed E-state index contributed by atoms with van der Waals surface area (Å²) in [6.45, 7) is 0.144. The molecule has 1 amide bonds. The van der Waals surface area contributed by atoms with Crippen LogP contribution < -0.4 is 5.32 Å². The first-order valence-corrected chi connectivity index (χ1v) is 4.08. The molecule has 70 valence electrons. The van der Waals surface area contributed by atoms with Gasteiger partial charge in [-0.15, -0.1) is 6.42 Å². The summed E-state index contributed by atoms with van der Waals surface area (Å²) in [5, 5.41) is 11.3. The molecule has 0 saturated heterocycles. The van der Waals surface area contributed by atoms with Gasteiger partial charge in [-0.05, 0) is 18.8 Å². The van der Waals surface area contributed by atoms with Gasteiger partial charge < -0.3 is 10.4 Å². The highest BCUT2D eigenvalue weighted by Gasteiger charge is 2.44. The summed E-state index contributed by atoms with van der Waals surface area (Å²) in [5.41, 5.74) is -0.757. The molecule has 4 nitrogen and oxygen atoms in total. The van der Waals surface area contributed by atoms with Crippen LogP contribution in [0.4, 0.5) is 0 Å². The lowest BCUT2D eigenvalue weighted by Crippen LogP contribution is -2.47. The van der Waals surface area contributed by atoms with Crippen molar-refractivity contribution in [1.29, 1.82) is 0 Å². The smallest absolute Gasteiger partial charge is 0.311 e. The topological polar surface area (TPSA) is 66.4 Å². The van der Waals surface area contributed by atoms with Gasteiger partial charge in [0.25, 0.3) is 5.91 Å². The van der Waals surface area contributed by atoms with Crippen LogP contribution in [0.1, 0.15) is 19.3 Å². The Morgan fingerprint density at radius 2 is 2.15 bits per heavy atom. The minimum absolute atomic E-state index is 0.144. The van der Waals surface area contributed by atoms with Crippen molar-refractivity contribution in [2.24, 2.45) is 5.41 Å². The number of carboxylic acid groups (broad SMARTS) is 1. The predicted octanol–water partition coefficient (Wildman–Crippen LogP) is -0.00930. The summed E-state index contributed by atoms with van der Waals surface area (Å²) in [4.78, 5) is 21.5. The summed E-state index contributed by atoms with van der Waals surface area (Å²) >= 11 is 0. The molecule has 0 spiro atoms. The summed E-state index contributed by atoms with van der Waals surface area (Å²) in [6.07, 6.45) is 6.96. The van der Waals surface area contributed by atoms with Gasteiger partial charge >= 0.3 is 5.97 Å². The van der Waals surface area contributed by atoms with Crippen LogP contribution in [0.2, 0.25) is 0 Å². The molecule has 1 saturated carbocycles. The molecular weight excluding hydrogens is 170 g/mol. The average molecular weight is 181 g/mol. The molecule has 1 aliphatic carbocycles. The fourth-order valence-corrected chi connectivity index (χ4v) is 1.37. The number of amides is 1. The Hall–Kier alpha value is -1.50. The molecule has 1 rings (SSSR count). The Morgan fingerprint density at radius 1 is 1.54 bits per heavy atom. The zero-order chi connectivity index (χ0) is 9.90. The third kappa shape index (κ3) is 1.81. The van der Waals surface area contributed by atoms with E-state index in [2.05, 4.69) is 5.32 Å². The van der Waals surface area contributed by atoms with Gasteiger partial charge in [-0.25, -0.2) is 0 Å². The minimum Gasteiger partial charge on any atom is -0.481 e. The van der Waals surface area contributed by atoms with Gasteiger partial charge in [-0.3, -0.25) is 9.59 Å². The van der Waals surface area contributed by atoms with Crippen LogP contribution in [0, 0.1) is 17.8 Å². The summed E-state index contributed by atoms with van der Waals surface area (Å²) < 4.78 is 0. The van der Waals surface area contributed by atoms with Crippen molar-refractivity contribution in [3.63, 3.8) is 0 Å². The van der Waals surface area contributed by atoms with Crippen LogP contribution >= 0.6 is 0 Å². The van der Waals surface area contributed by atoms with E-state index in [-0.39, 0.29) is 6.54 Å². The molecule has 0 atom stereocenters. The van der Waals surface area contributed by atoms with E-state index in [0.29, 0.717) is 12.8 Å². The van der Waals surface area contributed by atoms with E-state index in [0.717, 1.165) is 6.42 Å². The highest BCUT2D eigenvalue weighted by Crippen LogP contribution is 2.40. The molecule has 0 aromatic heterocycles. The number of carboxylic acids is 1. The summed E-state index contributed by atoms with van der Waals surface area (Å²) in [5.74, 6) is 0.482. The third-order valence-electron chi connectivity index (χ3n) is 2.48. The Labute approximate surface area is 76.3 Å². The molecule has 4 heteroatoms. The van der Waals surface area contributed by atoms with E-state index in [1.165, 1.54) is 0 Å². The van der Waals surface area contributed by atoms with Gasteiger partial charge in [0.1, 0.15) is 0 Å². The Bertz CT molecular complexity index is 273. The zero-order valence-corrected chi connectivity index (χ0v) is 7.17. The largest absolute Gasteiger partial charge is 0.481 e. The standard InChI is InChI=1S/C9H11NO3/c1-2-7(11)10-6-9(8(12)13)4-3-5-9/h1H,3-6H2,(H,10,11)(H,12,13). The third-order valence-corrected chi connectivity index (χ3v) is 2.48. The summed E-state index contributed by atoms with van der Waals surface area (Å²) in [6, 6.07) is 0. The van der Waals surface area contributed by atoms with Crippen molar-refractivity contribution < 1.29 is 14.7 Å². The minimum atomic E-state index is -0.851. The second-order valence-electron chi connectivity index (χ2n) is 3.27. The van der Waals surface area contributed by atoms with Gasteiger partial charge in [0, 0.05) is 6.54 Å². The van der Waals surface area contributed by atoms with E-state index in [1.807, 2.05) is 5.92 Å². The van der Waals surface area contributed by atoms with E-state index in [1.54, 1.807) is 0 Å². The molecule has 1 aliphatic rings. The lowest BCUT2D eigenvalue weighted by Gasteiger charge is -2.37. The SMILES string of the molecule is C#CC(=O)NCC1(C(=O)O)CCC1. The maximum absolute atomic E-state index is 10.8. The van der Waals surface area contributed by atoms with Gasteiger partial charge in [0.05, 0.1) is 5.41 Å². The van der Waals surface area contributed by atoms with Crippen molar-refractivity contribution in [2.75, 3.05) is 6.54 Å². The van der Waals surface area contributed by atoms with Crippen LogP contribution in [0.15, 0.2) is 0 Å². The lowest BCUT2D eigenvalue weighted by molar-refractivity contribution is -0.154. The number of nitrogens with one attached hydrogen (secondary N) is 1. The zero-order valence-electron chi connectivity index (χ0n) is 7.17. The molecule has 0 unspecified atom stereocenters. The first-order chi connectivity index (χ1) is 6.10. The van der Waals surface area contributed by atoms with Crippen LogP contribution in [-0.2, 0) is 9.59 Å². The molecule has 0 bridgehead atoms. The fraction of sp³-hybridized carbons (Fsp3) is 0.556. The van der Waals surface area contributed by atoms with E-state index in [4.69, 9.17) is 11.5 Å². The summed E-state index contributed by atoms with van der Waals surface area (Å²) in [7, 11) is 0. The van der Waals surface area contributed by atoms with Gasteiger partial charge in [0.15, 0.2) is 0 Å². The number of terminal acetylenes is 1. The highest BCUT2D eigenvalue weighted by atomic mass is 16.4. The quantitative estimate of drug-likeness (QED) is 0.602. The van der Waals surface area contributed by atoms with E-state index < -0.39 is 17.3 Å².